The lowest BCUT2D eigenvalue weighted by atomic mass is 10.2. The topological polar surface area (TPSA) is 157 Å². The first kappa shape index (κ1) is 38.2. The molecule has 0 amide bonds. The van der Waals surface area contributed by atoms with Crippen molar-refractivity contribution in [2.24, 2.45) is 0 Å². The number of nitrogens with zero attached hydrogens (tertiary/aromatic N) is 2. The number of ether oxygens (including phenoxy) is 2. The summed E-state index contributed by atoms with van der Waals surface area (Å²) in [6, 6.07) is 0. The van der Waals surface area contributed by atoms with E-state index < -0.39 is 149 Å². The summed E-state index contributed by atoms with van der Waals surface area (Å²) in [6.07, 6.45) is 0. The smallest absolute Gasteiger partial charge is 0.346 e. The van der Waals surface area contributed by atoms with Crippen LogP contribution in [-0.2, 0) is 0 Å². The van der Waals surface area contributed by atoms with Gasteiger partial charge >= 0.3 is 11.4 Å². The van der Waals surface area contributed by atoms with Crippen molar-refractivity contribution >= 4 is 22.7 Å². The van der Waals surface area contributed by atoms with Crippen molar-refractivity contribution in [1.82, 2.24) is 0 Å². The molecule has 0 unspecified atom stereocenters. The van der Waals surface area contributed by atoms with E-state index in [2.05, 4.69) is 9.47 Å². The van der Waals surface area contributed by atoms with Gasteiger partial charge in [-0.25, -0.2) is 17.6 Å². The van der Waals surface area contributed by atoms with Crippen LogP contribution in [0, 0.1) is 113 Å². The van der Waals surface area contributed by atoms with Crippen molar-refractivity contribution in [3.63, 3.8) is 0 Å². The molecule has 0 saturated carbocycles. The van der Waals surface area contributed by atoms with E-state index in [1.165, 1.54) is 0 Å². The van der Waals surface area contributed by atoms with E-state index >= 15 is 0 Å². The highest BCUT2D eigenvalue weighted by Gasteiger charge is 2.38. The summed E-state index contributed by atoms with van der Waals surface area (Å²) in [6.45, 7) is 0. The number of benzene rings is 4. The highest BCUT2D eigenvalue weighted by molar-refractivity contribution is 5.52. The Morgan fingerprint density at radius 1 is 0.340 bits per heavy atom. The van der Waals surface area contributed by atoms with Crippen molar-refractivity contribution in [3.05, 3.63) is 113 Å². The van der Waals surface area contributed by atoms with E-state index in [1.807, 2.05) is 0 Å². The average Bonchev–Trinajstić information content (AvgIpc) is 3.06. The van der Waals surface area contributed by atoms with Gasteiger partial charge in [-0.1, -0.05) is 0 Å². The average molecular weight is 748 g/mol. The van der Waals surface area contributed by atoms with Gasteiger partial charge in [0, 0.05) is 0 Å². The summed E-state index contributed by atoms with van der Waals surface area (Å²) in [5, 5.41) is 20.8. The SMILES string of the molecule is Nc1c(F)c(F)c(Oc2c(F)c(F)c(N)c(F)c2F)c(F)c1F.O=[N+]([O-])c1c(F)c(F)c(Oc2c(F)c(F)c([N+](=O)[O-])c(F)c2F)c(F)c1F. The largest absolute Gasteiger partial charge is 0.444 e. The second-order valence-electron chi connectivity index (χ2n) is 8.58. The minimum atomic E-state index is -2.67. The minimum absolute atomic E-state index is 1.57. The van der Waals surface area contributed by atoms with Gasteiger partial charge in [-0.2, -0.15) is 52.7 Å². The maximum absolute atomic E-state index is 13.7. The van der Waals surface area contributed by atoms with Crippen molar-refractivity contribution in [2.45, 2.75) is 0 Å². The third-order valence-corrected chi connectivity index (χ3v) is 5.69. The highest BCUT2D eigenvalue weighted by atomic mass is 19.2. The molecule has 0 aliphatic carbocycles. The molecule has 10 nitrogen and oxygen atoms in total. The third kappa shape index (κ3) is 6.20. The zero-order valence-electron chi connectivity index (χ0n) is 22.5. The number of anilines is 2. The first-order chi connectivity index (χ1) is 23.0. The molecule has 26 heteroatoms. The van der Waals surface area contributed by atoms with Crippen molar-refractivity contribution in [2.75, 3.05) is 11.5 Å². The number of nitro benzene ring substituents is 2. The normalized spacial score (nSPS) is 10.9. The first-order valence-corrected chi connectivity index (χ1v) is 11.6. The molecule has 4 N–H and O–H groups in total. The maximum atomic E-state index is 13.7. The van der Waals surface area contributed by atoms with Gasteiger partial charge in [-0.15, -0.1) is 0 Å². The zero-order chi connectivity index (χ0) is 38.4. The molecule has 0 aliphatic heterocycles. The van der Waals surface area contributed by atoms with Crippen LogP contribution < -0.4 is 20.9 Å². The van der Waals surface area contributed by atoms with Crippen LogP contribution in [0.4, 0.5) is 93.0 Å². The molecule has 0 heterocycles. The Bertz CT molecular complexity index is 1870. The molecule has 4 aromatic rings. The van der Waals surface area contributed by atoms with E-state index in [0.717, 1.165) is 0 Å². The zero-order valence-corrected chi connectivity index (χ0v) is 22.5. The molecule has 0 aliphatic rings. The molecule has 268 valence electrons. The lowest BCUT2D eigenvalue weighted by molar-refractivity contribution is -0.390. The fourth-order valence-corrected chi connectivity index (χ4v) is 3.34. The van der Waals surface area contributed by atoms with Gasteiger partial charge in [0.1, 0.15) is 11.4 Å². The van der Waals surface area contributed by atoms with E-state index in [0.29, 0.717) is 0 Å². The molecule has 4 rings (SSSR count). The molecule has 0 atom stereocenters. The summed E-state index contributed by atoms with van der Waals surface area (Å²) < 4.78 is 223. The van der Waals surface area contributed by atoms with Crippen LogP contribution in [0.3, 0.4) is 0 Å². The molecule has 0 spiro atoms. The van der Waals surface area contributed by atoms with Gasteiger partial charge in [0.15, 0.2) is 23.3 Å². The second kappa shape index (κ2) is 13.7. The number of nitro groups is 2. The number of hydrogen-bond donors (Lipinski definition) is 2. The fraction of sp³-hybridized carbons (Fsp3) is 0. The number of hydrogen-bond acceptors (Lipinski definition) is 8. The van der Waals surface area contributed by atoms with Gasteiger partial charge in [0.25, 0.3) is 0 Å². The molecule has 4 aromatic carbocycles. The quantitative estimate of drug-likeness (QED) is 0.0658. The van der Waals surface area contributed by atoms with Gasteiger partial charge < -0.3 is 20.9 Å². The third-order valence-electron chi connectivity index (χ3n) is 5.69. The Labute approximate surface area is 260 Å². The molecule has 0 saturated heterocycles. The van der Waals surface area contributed by atoms with Crippen LogP contribution in [0.5, 0.6) is 23.0 Å². The standard InChI is InChI=1S/C12F8N2O5.C12H4F8N2O/c13-1-5(17)11(6(18)2(14)9(1)21(23)24)27-12-7(19)3(15)10(22(25)26)4(16)8(12)20;13-1-5(17)11(6(18)2(14)9(1)21)23-12-7(19)3(15)10(22)4(16)8(12)20/h;21-22H2. The van der Waals surface area contributed by atoms with E-state index in [9.17, 15) is 90.5 Å². The summed E-state index contributed by atoms with van der Waals surface area (Å²) in [7, 11) is 0. The molecular weight excluding hydrogens is 744 g/mol. The first-order valence-electron chi connectivity index (χ1n) is 11.6. The van der Waals surface area contributed by atoms with Crippen molar-refractivity contribution in [3.8, 4) is 23.0 Å². The summed E-state index contributed by atoms with van der Waals surface area (Å²) >= 11 is 0. The fourth-order valence-electron chi connectivity index (χ4n) is 3.34. The van der Waals surface area contributed by atoms with Gasteiger partial charge in [0.05, 0.1) is 9.85 Å². The summed E-state index contributed by atoms with van der Waals surface area (Å²) in [4.78, 5) is 17.0. The van der Waals surface area contributed by atoms with Crippen LogP contribution in [-0.4, -0.2) is 9.85 Å². The molecule has 50 heavy (non-hydrogen) atoms. The molecule has 0 bridgehead atoms. The van der Waals surface area contributed by atoms with Crippen LogP contribution in [0.2, 0.25) is 0 Å². The van der Waals surface area contributed by atoms with Crippen LogP contribution >= 0.6 is 0 Å². The second-order valence-corrected chi connectivity index (χ2v) is 8.58. The van der Waals surface area contributed by atoms with Gasteiger partial charge in [-0.05, 0) is 0 Å². The van der Waals surface area contributed by atoms with Gasteiger partial charge in [-0.3, -0.25) is 20.2 Å². The molecular formula is C24H4F16N4O6. The van der Waals surface area contributed by atoms with Crippen molar-refractivity contribution < 1.29 is 89.6 Å². The Kier molecular flexibility index (Phi) is 10.5. The van der Waals surface area contributed by atoms with E-state index in [1.54, 1.807) is 0 Å². The Morgan fingerprint density at radius 2 is 0.500 bits per heavy atom. The van der Waals surface area contributed by atoms with Gasteiger partial charge in [0.2, 0.25) is 92.8 Å². The van der Waals surface area contributed by atoms with Crippen LogP contribution in [0.25, 0.3) is 0 Å². The predicted octanol–water partition coefficient (Wildman–Crippen LogP) is 8.16. The predicted molar refractivity (Wildman–Crippen MR) is 127 cm³/mol. The summed E-state index contributed by atoms with van der Waals surface area (Å²) in [5.74, 6) is -47.5. The Balaban J connectivity index is 0.000000274. The van der Waals surface area contributed by atoms with E-state index in [-0.39, 0.29) is 0 Å². The summed E-state index contributed by atoms with van der Waals surface area (Å²) in [5.41, 5.74) is 1.63. The molecule has 0 radical (unpaired) electrons. The van der Waals surface area contributed by atoms with Crippen LogP contribution in [0.1, 0.15) is 0 Å². The number of nitrogens with two attached hydrogens (primary N) is 2. The Hall–Kier alpha value is -6.24. The van der Waals surface area contributed by atoms with E-state index in [4.69, 9.17) is 11.5 Å². The number of nitrogen functional groups attached to an aromatic ring is 2. The highest BCUT2D eigenvalue weighted by Crippen LogP contribution is 2.42. The maximum Gasteiger partial charge on any atom is 0.346 e. The molecule has 0 fully saturated rings. The number of rotatable bonds is 6. The Morgan fingerprint density at radius 3 is 0.660 bits per heavy atom. The monoisotopic (exact) mass is 748 g/mol. The van der Waals surface area contributed by atoms with Crippen LogP contribution in [0.15, 0.2) is 0 Å². The molecule has 0 aromatic heterocycles. The minimum Gasteiger partial charge on any atom is -0.444 e. The lowest BCUT2D eigenvalue weighted by Gasteiger charge is -2.13. The lowest BCUT2D eigenvalue weighted by Crippen LogP contribution is -2.09. The number of halogens is 16. The van der Waals surface area contributed by atoms with Crippen molar-refractivity contribution in [1.29, 1.82) is 0 Å².